The minimum absolute atomic E-state index is 0.0241. The first-order chi connectivity index (χ1) is 17.7. The van der Waals surface area contributed by atoms with Gasteiger partial charge in [-0.2, -0.15) is 0 Å². The van der Waals surface area contributed by atoms with Crippen LogP contribution in [-0.2, 0) is 42.1 Å². The van der Waals surface area contributed by atoms with Gasteiger partial charge in [-0.25, -0.2) is 4.79 Å². The number of benzene rings is 1. The van der Waals surface area contributed by atoms with Crippen LogP contribution in [0.5, 0.6) is 0 Å². The maximum absolute atomic E-state index is 13.5. The molecular weight excluding hydrogens is 486 g/mol. The number of aryl methyl sites for hydroxylation is 1. The first kappa shape index (κ1) is 30.6. The molecule has 0 radical (unpaired) electrons. The molecule has 0 unspecified atom stereocenters. The van der Waals surface area contributed by atoms with Crippen molar-refractivity contribution in [2.45, 2.75) is 72.1 Å². The van der Waals surface area contributed by atoms with Gasteiger partial charge in [0, 0.05) is 36.5 Å². The highest BCUT2D eigenvalue weighted by molar-refractivity contribution is 5.93. The fraction of sp³-hybridized carbons (Fsp3) is 0.517. The average molecular weight is 528 g/mol. The van der Waals surface area contributed by atoms with Crippen LogP contribution >= 0.6 is 0 Å². The van der Waals surface area contributed by atoms with Gasteiger partial charge in [-0.15, -0.1) is 0 Å². The van der Waals surface area contributed by atoms with Crippen LogP contribution in [0, 0.1) is 11.8 Å². The third-order valence-electron chi connectivity index (χ3n) is 5.94. The van der Waals surface area contributed by atoms with Gasteiger partial charge in [0.05, 0.1) is 6.42 Å². The van der Waals surface area contributed by atoms with E-state index in [1.54, 1.807) is 41.5 Å². The van der Waals surface area contributed by atoms with E-state index in [1.807, 2.05) is 42.1 Å². The number of ether oxygens (including phenoxy) is 2. The van der Waals surface area contributed by atoms with Gasteiger partial charge >= 0.3 is 11.9 Å². The van der Waals surface area contributed by atoms with E-state index in [1.165, 1.54) is 6.08 Å². The van der Waals surface area contributed by atoms with Gasteiger partial charge in [0.1, 0.15) is 24.3 Å². The fourth-order valence-electron chi connectivity index (χ4n) is 4.04. The first-order valence-electron chi connectivity index (χ1n) is 12.9. The Bertz CT molecular complexity index is 1160. The van der Waals surface area contributed by atoms with Crippen LogP contribution < -0.4 is 10.6 Å². The number of hydrogen-bond donors (Lipinski definition) is 2. The number of aromatic nitrogens is 1. The summed E-state index contributed by atoms with van der Waals surface area (Å²) in [5.41, 5.74) is 1.17. The highest BCUT2D eigenvalue weighted by atomic mass is 16.6. The summed E-state index contributed by atoms with van der Waals surface area (Å²) in [6.07, 6.45) is 3.42. The van der Waals surface area contributed by atoms with E-state index in [9.17, 15) is 19.2 Å². The lowest BCUT2D eigenvalue weighted by Crippen LogP contribution is -2.55. The van der Waals surface area contributed by atoms with Crippen molar-refractivity contribution >= 4 is 34.7 Å². The second-order valence-electron chi connectivity index (χ2n) is 10.9. The molecule has 9 heteroatoms. The van der Waals surface area contributed by atoms with Gasteiger partial charge in [0.25, 0.3) is 0 Å². The standard InChI is InChI=1S/C29H41N3O6/c1-9-14-37-28(36)25(18(2)3)31-27(35)22(16-20-17-32(8)23-13-11-10-12-21(20)23)30-26(34)19(4)15-24(33)38-29(5,6)7/h9-13,17-19,22,25H,1,14-16H2,2-8H3,(H,30,34)(H,31,35)/t19-,22-,25-/m0/s1. The van der Waals surface area contributed by atoms with Gasteiger partial charge in [-0.05, 0) is 38.3 Å². The lowest BCUT2D eigenvalue weighted by molar-refractivity contribution is -0.157. The maximum Gasteiger partial charge on any atom is 0.329 e. The summed E-state index contributed by atoms with van der Waals surface area (Å²) < 4.78 is 12.5. The molecule has 0 aliphatic rings. The Morgan fingerprint density at radius 1 is 1.05 bits per heavy atom. The van der Waals surface area contributed by atoms with Crippen LogP contribution in [0.4, 0.5) is 0 Å². The normalized spacial score (nSPS) is 13.9. The summed E-state index contributed by atoms with van der Waals surface area (Å²) in [6.45, 7) is 14.0. The highest BCUT2D eigenvalue weighted by Crippen LogP contribution is 2.22. The number of nitrogens with one attached hydrogen (secondary N) is 2. The highest BCUT2D eigenvalue weighted by Gasteiger charge is 2.32. The van der Waals surface area contributed by atoms with Gasteiger partial charge in [-0.3, -0.25) is 14.4 Å². The predicted molar refractivity (Wildman–Crippen MR) is 146 cm³/mol. The van der Waals surface area contributed by atoms with Crippen molar-refractivity contribution < 1.29 is 28.7 Å². The quantitative estimate of drug-likeness (QED) is 0.323. The molecule has 1 aromatic carbocycles. The number of esters is 2. The van der Waals surface area contributed by atoms with Gasteiger partial charge in [0.2, 0.25) is 11.8 Å². The molecule has 0 saturated heterocycles. The summed E-state index contributed by atoms with van der Waals surface area (Å²) in [6, 6.07) is 5.86. The molecule has 3 atom stereocenters. The molecule has 0 fully saturated rings. The second-order valence-corrected chi connectivity index (χ2v) is 10.9. The van der Waals surface area contributed by atoms with Crippen LogP contribution in [0.15, 0.2) is 43.1 Å². The zero-order valence-corrected chi connectivity index (χ0v) is 23.5. The number of fused-ring (bicyclic) bond motifs is 1. The lowest BCUT2D eigenvalue weighted by atomic mass is 10.00. The van der Waals surface area contributed by atoms with E-state index in [-0.39, 0.29) is 25.4 Å². The molecule has 0 aliphatic carbocycles. The largest absolute Gasteiger partial charge is 0.460 e. The summed E-state index contributed by atoms with van der Waals surface area (Å²) >= 11 is 0. The van der Waals surface area contributed by atoms with Gasteiger partial charge in [-0.1, -0.05) is 51.6 Å². The van der Waals surface area contributed by atoms with E-state index in [0.717, 1.165) is 16.5 Å². The van der Waals surface area contributed by atoms with Gasteiger partial charge < -0.3 is 24.7 Å². The van der Waals surface area contributed by atoms with Crippen LogP contribution in [-0.4, -0.2) is 52.6 Å². The number of amides is 2. The molecule has 2 amide bonds. The smallest absolute Gasteiger partial charge is 0.329 e. The van der Waals surface area contributed by atoms with Crippen molar-refractivity contribution in [1.82, 2.24) is 15.2 Å². The van der Waals surface area contributed by atoms with Crippen LogP contribution in [0.2, 0.25) is 0 Å². The molecule has 9 nitrogen and oxygen atoms in total. The molecule has 1 aromatic heterocycles. The molecule has 2 N–H and O–H groups in total. The summed E-state index contributed by atoms with van der Waals surface area (Å²) in [5.74, 6) is -3.05. The minimum atomic E-state index is -0.997. The van der Waals surface area contributed by atoms with Crippen molar-refractivity contribution in [3.63, 3.8) is 0 Å². The number of rotatable bonds is 12. The van der Waals surface area contributed by atoms with E-state index in [2.05, 4.69) is 17.2 Å². The molecule has 2 rings (SSSR count). The van der Waals surface area contributed by atoms with Crippen LogP contribution in [0.3, 0.4) is 0 Å². The average Bonchev–Trinajstić information content (AvgIpc) is 3.14. The molecule has 0 spiro atoms. The monoisotopic (exact) mass is 527 g/mol. The van der Waals surface area contributed by atoms with Crippen molar-refractivity contribution in [3.05, 3.63) is 48.7 Å². The Kier molecular flexibility index (Phi) is 10.7. The third kappa shape index (κ3) is 8.75. The molecule has 2 aromatic rings. The molecule has 38 heavy (non-hydrogen) atoms. The van der Waals surface area contributed by atoms with Crippen molar-refractivity contribution in [3.8, 4) is 0 Å². The maximum atomic E-state index is 13.5. The Hall–Kier alpha value is -3.62. The zero-order chi connectivity index (χ0) is 28.6. The van der Waals surface area contributed by atoms with Gasteiger partial charge in [0.15, 0.2) is 0 Å². The molecule has 1 heterocycles. The SMILES string of the molecule is C=CCOC(=O)[C@@H](NC(=O)[C@H](Cc1cn(C)c2ccccc12)NC(=O)[C@@H](C)CC(=O)OC(C)(C)C)C(C)C. The first-order valence-corrected chi connectivity index (χ1v) is 12.9. The minimum Gasteiger partial charge on any atom is -0.460 e. The lowest BCUT2D eigenvalue weighted by Gasteiger charge is -2.25. The van der Waals surface area contributed by atoms with Crippen LogP contribution in [0.1, 0.15) is 53.5 Å². The number of nitrogens with zero attached hydrogens (tertiary/aromatic N) is 1. The molecular formula is C29H41N3O6. The number of carbonyl (C=O) groups excluding carboxylic acids is 4. The topological polar surface area (TPSA) is 116 Å². The Morgan fingerprint density at radius 3 is 2.32 bits per heavy atom. The summed E-state index contributed by atoms with van der Waals surface area (Å²) in [5, 5.41) is 6.51. The van der Waals surface area contributed by atoms with E-state index in [0.29, 0.717) is 0 Å². The number of carbonyl (C=O) groups is 4. The fourth-order valence-corrected chi connectivity index (χ4v) is 4.04. The number of hydrogen-bond acceptors (Lipinski definition) is 6. The molecule has 0 aliphatic heterocycles. The van der Waals surface area contributed by atoms with Crippen LogP contribution in [0.25, 0.3) is 10.9 Å². The third-order valence-corrected chi connectivity index (χ3v) is 5.94. The second kappa shape index (κ2) is 13.3. The Labute approximate surface area is 224 Å². The summed E-state index contributed by atoms with van der Waals surface area (Å²) in [7, 11) is 1.91. The summed E-state index contributed by atoms with van der Waals surface area (Å²) in [4.78, 5) is 51.5. The predicted octanol–water partition coefficient (Wildman–Crippen LogP) is 3.44. The molecule has 0 bridgehead atoms. The van der Waals surface area contributed by atoms with Crippen molar-refractivity contribution in [2.75, 3.05) is 6.61 Å². The molecule has 208 valence electrons. The zero-order valence-electron chi connectivity index (χ0n) is 23.5. The molecule has 0 saturated carbocycles. The van der Waals surface area contributed by atoms with E-state index < -0.39 is 47.4 Å². The van der Waals surface area contributed by atoms with E-state index >= 15 is 0 Å². The number of para-hydroxylation sites is 1. The Morgan fingerprint density at radius 2 is 1.71 bits per heavy atom. The van der Waals surface area contributed by atoms with Crippen molar-refractivity contribution in [2.24, 2.45) is 18.9 Å². The van der Waals surface area contributed by atoms with Crippen molar-refractivity contribution in [1.29, 1.82) is 0 Å². The van der Waals surface area contributed by atoms with E-state index in [4.69, 9.17) is 9.47 Å². The Balaban J connectivity index is 2.29.